The highest BCUT2D eigenvalue weighted by molar-refractivity contribution is 7.89. The molecule has 0 aliphatic carbocycles. The van der Waals surface area contributed by atoms with Gasteiger partial charge in [0.05, 0.1) is 22.7 Å². The number of hydrogen-bond acceptors (Lipinski definition) is 6. The molecule has 140 valence electrons. The van der Waals surface area contributed by atoms with Crippen LogP contribution in [0.1, 0.15) is 12.8 Å². The van der Waals surface area contributed by atoms with Crippen molar-refractivity contribution in [1.82, 2.24) is 9.29 Å². The molecule has 2 aromatic rings. The minimum atomic E-state index is -3.91. The predicted molar refractivity (Wildman–Crippen MR) is 98.2 cm³/mol. The number of ketones is 1. The fraction of sp³-hybridized carbons (Fsp3) is 0.412. The van der Waals surface area contributed by atoms with Crippen molar-refractivity contribution in [2.75, 3.05) is 20.3 Å². The maximum Gasteiger partial charge on any atom is 0.245 e. The molecule has 7 nitrogen and oxygen atoms in total. The number of hydrogen-bond donors (Lipinski definition) is 1. The first-order chi connectivity index (χ1) is 12.4. The molecule has 1 aliphatic rings. The lowest BCUT2D eigenvalue weighted by Gasteiger charge is -2.24. The molecule has 0 radical (unpaired) electrons. The number of pyridine rings is 1. The molecule has 0 saturated carbocycles. The van der Waals surface area contributed by atoms with Gasteiger partial charge in [-0.1, -0.05) is 23.7 Å². The van der Waals surface area contributed by atoms with Crippen molar-refractivity contribution in [1.29, 1.82) is 0 Å². The Hall–Kier alpha value is -1.58. The third-order valence-electron chi connectivity index (χ3n) is 4.66. The summed E-state index contributed by atoms with van der Waals surface area (Å²) in [6.45, 7) is 0.479. The fourth-order valence-electron chi connectivity index (χ4n) is 3.31. The number of carbonyl (C=O) groups excluding carboxylic acids is 1. The van der Waals surface area contributed by atoms with Gasteiger partial charge in [-0.25, -0.2) is 8.42 Å². The van der Waals surface area contributed by atoms with E-state index >= 15 is 0 Å². The normalized spacial score (nSPS) is 21.3. The van der Waals surface area contributed by atoms with Crippen LogP contribution in [-0.4, -0.2) is 49.9 Å². The van der Waals surface area contributed by atoms with Gasteiger partial charge in [0.2, 0.25) is 10.0 Å². The van der Waals surface area contributed by atoms with Crippen LogP contribution in [0, 0.1) is 5.92 Å². The molecule has 1 aromatic carbocycles. The van der Waals surface area contributed by atoms with Crippen molar-refractivity contribution in [3.05, 3.63) is 35.6 Å². The molecule has 1 aromatic heterocycles. The highest BCUT2D eigenvalue weighted by atomic mass is 35.5. The third-order valence-corrected chi connectivity index (χ3v) is 6.88. The number of benzene rings is 1. The molecule has 0 amide bonds. The zero-order valence-electron chi connectivity index (χ0n) is 14.3. The van der Waals surface area contributed by atoms with E-state index in [-0.39, 0.29) is 28.7 Å². The molecule has 1 fully saturated rings. The maximum absolute atomic E-state index is 13.2. The van der Waals surface area contributed by atoms with Crippen molar-refractivity contribution in [3.63, 3.8) is 0 Å². The Bertz CT molecular complexity index is 929. The third kappa shape index (κ3) is 3.35. The summed E-state index contributed by atoms with van der Waals surface area (Å²) in [5.74, 6) is -0.621. The Kier molecular flexibility index (Phi) is 5.59. The van der Waals surface area contributed by atoms with Crippen molar-refractivity contribution >= 4 is 38.2 Å². The van der Waals surface area contributed by atoms with E-state index in [0.717, 1.165) is 0 Å². The first kappa shape index (κ1) is 19.2. The van der Waals surface area contributed by atoms with Gasteiger partial charge in [0.1, 0.15) is 5.78 Å². The Labute approximate surface area is 157 Å². The molecular formula is C17H20ClN3O4S. The molecule has 2 atom stereocenters. The van der Waals surface area contributed by atoms with E-state index in [9.17, 15) is 13.2 Å². The number of ether oxygens (including phenoxy) is 1. The Morgan fingerprint density at radius 2 is 2.19 bits per heavy atom. The SMILES string of the molecule is COCCC(=O)C1CCN(S(=O)(=O)c2cccc3cncc(Cl)c23)[C@@H]1N. The number of carbonyl (C=O) groups is 1. The van der Waals surface area contributed by atoms with Gasteiger partial charge in [-0.3, -0.25) is 9.78 Å². The number of rotatable bonds is 6. The van der Waals surface area contributed by atoms with Gasteiger partial charge in [0.25, 0.3) is 0 Å². The first-order valence-electron chi connectivity index (χ1n) is 8.19. The Balaban J connectivity index is 1.96. The summed E-state index contributed by atoms with van der Waals surface area (Å²) in [4.78, 5) is 16.3. The van der Waals surface area contributed by atoms with Crippen LogP contribution in [0.2, 0.25) is 5.02 Å². The fourth-order valence-corrected chi connectivity index (χ4v) is 5.43. The summed E-state index contributed by atoms with van der Waals surface area (Å²) in [7, 11) is -2.40. The van der Waals surface area contributed by atoms with Crippen LogP contribution in [0.3, 0.4) is 0 Å². The van der Waals surface area contributed by atoms with Crippen LogP contribution in [0.4, 0.5) is 0 Å². The van der Waals surface area contributed by atoms with Gasteiger partial charge < -0.3 is 10.5 Å². The molecule has 3 rings (SSSR count). The molecule has 9 heteroatoms. The molecule has 1 saturated heterocycles. The Morgan fingerprint density at radius 1 is 1.42 bits per heavy atom. The van der Waals surface area contributed by atoms with E-state index in [1.807, 2.05) is 0 Å². The van der Waals surface area contributed by atoms with E-state index in [2.05, 4.69) is 4.98 Å². The molecule has 2 heterocycles. The van der Waals surface area contributed by atoms with E-state index in [1.165, 1.54) is 23.7 Å². The summed E-state index contributed by atoms with van der Waals surface area (Å²) in [6.07, 6.45) is 2.67. The quantitative estimate of drug-likeness (QED) is 0.797. The molecular weight excluding hydrogens is 378 g/mol. The van der Waals surface area contributed by atoms with Crippen LogP contribution in [-0.2, 0) is 19.6 Å². The van der Waals surface area contributed by atoms with Crippen molar-refractivity contribution in [2.45, 2.75) is 23.9 Å². The molecule has 0 bridgehead atoms. The second-order valence-electron chi connectivity index (χ2n) is 6.19. The minimum Gasteiger partial charge on any atom is -0.384 e. The van der Waals surface area contributed by atoms with Gasteiger partial charge in [-0.2, -0.15) is 4.31 Å². The number of aromatic nitrogens is 1. The van der Waals surface area contributed by atoms with Crippen LogP contribution in [0.15, 0.2) is 35.5 Å². The van der Waals surface area contributed by atoms with Crippen LogP contribution >= 0.6 is 11.6 Å². The van der Waals surface area contributed by atoms with E-state index < -0.39 is 22.1 Å². The molecule has 1 unspecified atom stereocenters. The average molecular weight is 398 g/mol. The second kappa shape index (κ2) is 7.58. The Morgan fingerprint density at radius 3 is 2.92 bits per heavy atom. The zero-order valence-corrected chi connectivity index (χ0v) is 15.8. The van der Waals surface area contributed by atoms with Gasteiger partial charge in [-0.15, -0.1) is 0 Å². The van der Waals surface area contributed by atoms with Gasteiger partial charge in [0.15, 0.2) is 0 Å². The van der Waals surface area contributed by atoms with Crippen molar-refractivity contribution in [2.24, 2.45) is 11.7 Å². The average Bonchev–Trinajstić information content (AvgIpc) is 3.02. The van der Waals surface area contributed by atoms with Crippen LogP contribution < -0.4 is 5.73 Å². The first-order valence-corrected chi connectivity index (χ1v) is 10.0. The monoisotopic (exact) mass is 397 g/mol. The lowest BCUT2D eigenvalue weighted by atomic mass is 9.99. The van der Waals surface area contributed by atoms with Crippen LogP contribution in [0.25, 0.3) is 10.8 Å². The van der Waals surface area contributed by atoms with E-state index in [4.69, 9.17) is 22.1 Å². The number of Topliss-reactive ketones (excluding diaryl/α,β-unsaturated/α-hetero) is 1. The number of fused-ring (bicyclic) bond motifs is 1. The summed E-state index contributed by atoms with van der Waals surface area (Å²) in [5.41, 5.74) is 6.14. The second-order valence-corrected chi connectivity index (χ2v) is 8.45. The van der Waals surface area contributed by atoms with Crippen molar-refractivity contribution < 1.29 is 17.9 Å². The number of halogens is 1. The summed E-state index contributed by atoms with van der Waals surface area (Å²) in [6, 6.07) is 4.88. The highest BCUT2D eigenvalue weighted by Crippen LogP contribution is 2.34. The topological polar surface area (TPSA) is 103 Å². The van der Waals surface area contributed by atoms with E-state index in [1.54, 1.807) is 18.3 Å². The largest absolute Gasteiger partial charge is 0.384 e. The van der Waals surface area contributed by atoms with Gasteiger partial charge in [-0.05, 0) is 12.5 Å². The van der Waals surface area contributed by atoms with Crippen molar-refractivity contribution in [3.8, 4) is 0 Å². The molecule has 2 N–H and O–H groups in total. The summed E-state index contributed by atoms with van der Waals surface area (Å²) >= 11 is 6.20. The number of nitrogens with zero attached hydrogens (tertiary/aromatic N) is 2. The van der Waals surface area contributed by atoms with Crippen LogP contribution in [0.5, 0.6) is 0 Å². The zero-order chi connectivity index (χ0) is 18.9. The van der Waals surface area contributed by atoms with Gasteiger partial charge in [0, 0.05) is 49.2 Å². The number of methoxy groups -OCH3 is 1. The minimum absolute atomic E-state index is 0.0721. The molecule has 1 aliphatic heterocycles. The summed E-state index contributed by atoms with van der Waals surface area (Å²) in [5, 5.41) is 1.28. The predicted octanol–water partition coefficient (Wildman–Crippen LogP) is 1.79. The smallest absolute Gasteiger partial charge is 0.245 e. The number of sulfonamides is 1. The van der Waals surface area contributed by atoms with E-state index in [0.29, 0.717) is 23.8 Å². The van der Waals surface area contributed by atoms with Gasteiger partial charge >= 0.3 is 0 Å². The lowest BCUT2D eigenvalue weighted by molar-refractivity contribution is -0.124. The maximum atomic E-state index is 13.2. The lowest BCUT2D eigenvalue weighted by Crippen LogP contribution is -2.45. The number of nitrogens with two attached hydrogens (primary N) is 1. The highest BCUT2D eigenvalue weighted by Gasteiger charge is 2.42. The molecule has 26 heavy (non-hydrogen) atoms. The summed E-state index contributed by atoms with van der Waals surface area (Å²) < 4.78 is 32.6. The standard InChI is InChI=1S/C17H20ClN3O4S/c1-25-8-6-14(22)12-5-7-21(17(12)19)26(23,24)15-4-2-3-11-9-20-10-13(18)16(11)15/h2-4,9-10,12,17H,5-8,19H2,1H3/t12?,17-/m0/s1. The molecule has 0 spiro atoms.